The molecule has 3 aromatic carbocycles. The molecule has 0 aliphatic rings. The number of amides is 1. The maximum Gasteiger partial charge on any atom is 0.417 e. The molecule has 0 spiro atoms. The van der Waals surface area contributed by atoms with Gasteiger partial charge in [-0.2, -0.15) is 13.2 Å². The van der Waals surface area contributed by atoms with Crippen molar-refractivity contribution in [3.63, 3.8) is 0 Å². The van der Waals surface area contributed by atoms with Gasteiger partial charge in [-0.25, -0.2) is 16.8 Å². The first kappa shape index (κ1) is 30.5. The molecule has 3 rings (SSSR count). The number of sulfone groups is 1. The number of carbonyl (C=O) groups excluding carboxylic acids is 1. The van der Waals surface area contributed by atoms with Crippen LogP contribution in [0.5, 0.6) is 0 Å². The SMILES string of the molecule is CCC(NC(=O)CN(c1ccc(Cl)c(C(F)(F)F)c1)S(=O)(=O)c1ccc(C)cc1)c1ccc(S(C)(=O)=O)cc1. The molecule has 0 fully saturated rings. The van der Waals surface area contributed by atoms with Gasteiger partial charge in [-0.3, -0.25) is 9.10 Å². The fourth-order valence-corrected chi connectivity index (χ4v) is 6.04. The van der Waals surface area contributed by atoms with Crippen LogP contribution in [0, 0.1) is 6.92 Å². The molecule has 210 valence electrons. The van der Waals surface area contributed by atoms with Crippen LogP contribution in [0.4, 0.5) is 18.9 Å². The molecule has 13 heteroatoms. The van der Waals surface area contributed by atoms with Gasteiger partial charge in [0.15, 0.2) is 9.84 Å². The lowest BCUT2D eigenvalue weighted by Gasteiger charge is -2.26. The maximum atomic E-state index is 13.6. The van der Waals surface area contributed by atoms with Crippen molar-refractivity contribution < 1.29 is 34.8 Å². The number of halogens is 4. The molecule has 0 saturated heterocycles. The number of carbonyl (C=O) groups is 1. The molecule has 0 bridgehead atoms. The molecule has 1 unspecified atom stereocenters. The van der Waals surface area contributed by atoms with Crippen LogP contribution < -0.4 is 9.62 Å². The Labute approximate surface area is 230 Å². The number of sulfonamides is 1. The van der Waals surface area contributed by atoms with E-state index in [1.165, 1.54) is 48.5 Å². The minimum Gasteiger partial charge on any atom is -0.348 e. The smallest absolute Gasteiger partial charge is 0.348 e. The molecule has 3 aromatic rings. The summed E-state index contributed by atoms with van der Waals surface area (Å²) in [6.45, 7) is 2.67. The van der Waals surface area contributed by atoms with Crippen molar-refractivity contribution in [3.8, 4) is 0 Å². The third-order valence-corrected chi connectivity index (χ3v) is 9.14. The van der Waals surface area contributed by atoms with E-state index in [2.05, 4.69) is 5.32 Å². The fraction of sp³-hybridized carbons (Fsp3) is 0.269. The summed E-state index contributed by atoms with van der Waals surface area (Å²) in [4.78, 5) is 13.0. The largest absolute Gasteiger partial charge is 0.417 e. The maximum absolute atomic E-state index is 13.6. The van der Waals surface area contributed by atoms with E-state index >= 15 is 0 Å². The van der Waals surface area contributed by atoms with Gasteiger partial charge in [0.05, 0.1) is 32.1 Å². The van der Waals surface area contributed by atoms with Crippen LogP contribution in [-0.2, 0) is 30.8 Å². The third kappa shape index (κ3) is 7.31. The van der Waals surface area contributed by atoms with Gasteiger partial charge in [0, 0.05) is 6.26 Å². The van der Waals surface area contributed by atoms with Crippen LogP contribution >= 0.6 is 11.6 Å². The highest BCUT2D eigenvalue weighted by Crippen LogP contribution is 2.38. The summed E-state index contributed by atoms with van der Waals surface area (Å²) in [5.74, 6) is -0.784. The Balaban J connectivity index is 1.99. The first-order valence-electron chi connectivity index (χ1n) is 11.6. The highest BCUT2D eigenvalue weighted by molar-refractivity contribution is 7.93. The zero-order chi connectivity index (χ0) is 29.2. The van der Waals surface area contributed by atoms with Gasteiger partial charge in [0.2, 0.25) is 5.91 Å². The average molecular weight is 603 g/mol. The normalized spacial score (nSPS) is 13.1. The first-order chi connectivity index (χ1) is 18.0. The molecule has 1 amide bonds. The zero-order valence-electron chi connectivity index (χ0n) is 21.2. The lowest BCUT2D eigenvalue weighted by atomic mass is 10.0. The Bertz CT molecular complexity index is 1560. The van der Waals surface area contributed by atoms with Crippen molar-refractivity contribution in [2.75, 3.05) is 17.1 Å². The topological polar surface area (TPSA) is 101 Å². The summed E-state index contributed by atoms with van der Waals surface area (Å²) in [6.07, 6.45) is -3.43. The van der Waals surface area contributed by atoms with Crippen molar-refractivity contribution in [3.05, 3.63) is 88.4 Å². The second-order valence-corrected chi connectivity index (χ2v) is 13.1. The highest BCUT2D eigenvalue weighted by Gasteiger charge is 2.35. The van der Waals surface area contributed by atoms with E-state index in [1.54, 1.807) is 13.8 Å². The van der Waals surface area contributed by atoms with Crippen LogP contribution in [0.3, 0.4) is 0 Å². The van der Waals surface area contributed by atoms with E-state index in [1.807, 2.05) is 0 Å². The average Bonchev–Trinajstić information content (AvgIpc) is 2.85. The Morgan fingerprint density at radius 3 is 2.03 bits per heavy atom. The van der Waals surface area contributed by atoms with Crippen molar-refractivity contribution in [1.82, 2.24) is 5.32 Å². The predicted octanol–water partition coefficient (Wildman–Crippen LogP) is 5.53. The number of rotatable bonds is 9. The number of anilines is 1. The Hall–Kier alpha value is -3.09. The van der Waals surface area contributed by atoms with Gasteiger partial charge < -0.3 is 5.32 Å². The standard InChI is InChI=1S/C26H26ClF3N2O5S2/c1-4-24(18-7-12-20(13-8-18)38(3,34)35)31-25(33)16-32(39(36,37)21-10-5-17(2)6-11-21)19-9-14-23(27)22(15-19)26(28,29)30/h5-15,24H,4,16H2,1-3H3,(H,31,33). The number of nitrogens with zero attached hydrogens (tertiary/aromatic N) is 1. The molecular formula is C26H26ClF3N2O5S2. The quantitative estimate of drug-likeness (QED) is 0.347. The van der Waals surface area contributed by atoms with Gasteiger partial charge in [-0.1, -0.05) is 48.4 Å². The summed E-state index contributed by atoms with van der Waals surface area (Å²) in [7, 11) is -7.91. The highest BCUT2D eigenvalue weighted by atomic mass is 35.5. The predicted molar refractivity (Wildman–Crippen MR) is 143 cm³/mol. The molecule has 0 saturated carbocycles. The number of hydrogen-bond acceptors (Lipinski definition) is 5. The van der Waals surface area contributed by atoms with E-state index in [4.69, 9.17) is 11.6 Å². The van der Waals surface area contributed by atoms with Crippen molar-refractivity contribution in [2.45, 2.75) is 42.3 Å². The Morgan fingerprint density at radius 1 is 0.949 bits per heavy atom. The Kier molecular flexibility index (Phi) is 9.03. The van der Waals surface area contributed by atoms with E-state index in [0.717, 1.165) is 24.0 Å². The first-order valence-corrected chi connectivity index (χ1v) is 15.3. The summed E-state index contributed by atoms with van der Waals surface area (Å²) in [5.41, 5.74) is -0.314. The van der Waals surface area contributed by atoms with Crippen molar-refractivity contribution in [1.29, 1.82) is 0 Å². The van der Waals surface area contributed by atoms with E-state index in [9.17, 15) is 34.8 Å². The second-order valence-electron chi connectivity index (χ2n) is 8.86. The minimum absolute atomic E-state index is 0.0889. The van der Waals surface area contributed by atoms with Crippen LogP contribution in [0.1, 0.15) is 36.1 Å². The molecule has 7 nitrogen and oxygen atoms in total. The molecule has 0 aromatic heterocycles. The number of alkyl halides is 3. The zero-order valence-corrected chi connectivity index (χ0v) is 23.5. The van der Waals surface area contributed by atoms with E-state index in [0.29, 0.717) is 22.4 Å². The van der Waals surface area contributed by atoms with Crippen LogP contribution in [0.2, 0.25) is 5.02 Å². The fourth-order valence-electron chi connectivity index (χ4n) is 3.78. The number of benzene rings is 3. The molecular weight excluding hydrogens is 577 g/mol. The van der Waals surface area contributed by atoms with Crippen LogP contribution in [0.15, 0.2) is 76.5 Å². The van der Waals surface area contributed by atoms with Crippen LogP contribution in [0.25, 0.3) is 0 Å². The van der Waals surface area contributed by atoms with Gasteiger partial charge >= 0.3 is 6.18 Å². The molecule has 39 heavy (non-hydrogen) atoms. The summed E-state index contributed by atoms with van der Waals surface area (Å²) >= 11 is 5.73. The van der Waals surface area contributed by atoms with E-state index in [-0.39, 0.29) is 9.79 Å². The number of hydrogen-bond donors (Lipinski definition) is 1. The lowest BCUT2D eigenvalue weighted by Crippen LogP contribution is -2.42. The molecule has 0 heterocycles. The van der Waals surface area contributed by atoms with Crippen molar-refractivity contribution >= 4 is 43.1 Å². The molecule has 0 radical (unpaired) electrons. The summed E-state index contributed by atoms with van der Waals surface area (Å²) in [6, 6.07) is 13.5. The van der Waals surface area contributed by atoms with Gasteiger partial charge in [-0.05, 0) is 61.4 Å². The summed E-state index contributed by atoms with van der Waals surface area (Å²) in [5, 5.41) is 2.07. The lowest BCUT2D eigenvalue weighted by molar-refractivity contribution is -0.137. The summed E-state index contributed by atoms with van der Waals surface area (Å²) < 4.78 is 91.9. The van der Waals surface area contributed by atoms with E-state index < -0.39 is 60.8 Å². The van der Waals surface area contributed by atoms with Gasteiger partial charge in [0.25, 0.3) is 10.0 Å². The van der Waals surface area contributed by atoms with Gasteiger partial charge in [0.1, 0.15) is 6.54 Å². The third-order valence-electron chi connectivity index (χ3n) is 5.89. The van der Waals surface area contributed by atoms with Crippen molar-refractivity contribution in [2.24, 2.45) is 0 Å². The minimum atomic E-state index is -4.86. The molecule has 1 atom stereocenters. The molecule has 0 aliphatic heterocycles. The number of aryl methyl sites for hydroxylation is 1. The van der Waals surface area contributed by atoms with Crippen LogP contribution in [-0.4, -0.2) is 35.5 Å². The molecule has 0 aliphatic carbocycles. The number of nitrogens with one attached hydrogen (secondary N) is 1. The monoisotopic (exact) mass is 602 g/mol. The molecule has 1 N–H and O–H groups in total. The second kappa shape index (κ2) is 11.6. The van der Waals surface area contributed by atoms with Gasteiger partial charge in [-0.15, -0.1) is 0 Å². The Morgan fingerprint density at radius 2 is 1.51 bits per heavy atom.